The van der Waals surface area contributed by atoms with Crippen molar-refractivity contribution in [2.75, 3.05) is 108 Å². The second-order valence-electron chi connectivity index (χ2n) is 8.02. The molecule has 3 aliphatic heterocycles. The van der Waals surface area contributed by atoms with E-state index in [0.717, 1.165) is 0 Å². The lowest BCUT2D eigenvalue weighted by molar-refractivity contribution is -0.153. The van der Waals surface area contributed by atoms with Crippen molar-refractivity contribution >= 4 is 11.8 Å². The normalized spacial score (nSPS) is 23.9. The highest BCUT2D eigenvalue weighted by Gasteiger charge is 2.27. The predicted molar refractivity (Wildman–Crippen MR) is 110 cm³/mol. The minimum Gasteiger partial charge on any atom is -0.336 e. The van der Waals surface area contributed by atoms with E-state index in [-0.39, 0.29) is 0 Å². The van der Waals surface area contributed by atoms with Gasteiger partial charge in [-0.25, -0.2) is 0 Å². The highest BCUT2D eigenvalue weighted by Crippen LogP contribution is 1.98. The van der Waals surface area contributed by atoms with Crippen molar-refractivity contribution in [3.63, 3.8) is 0 Å². The Balaban J connectivity index is 0.000000204. The number of piperazine rings is 2. The van der Waals surface area contributed by atoms with Gasteiger partial charge in [0.15, 0.2) is 0 Å². The van der Waals surface area contributed by atoms with E-state index in [0.29, 0.717) is 13.1 Å². The van der Waals surface area contributed by atoms with Crippen LogP contribution in [-0.4, -0.2) is 149 Å². The van der Waals surface area contributed by atoms with Crippen LogP contribution < -0.4 is 0 Å². The number of carbonyl (C=O) groups is 2. The summed E-state index contributed by atoms with van der Waals surface area (Å²) in [5.74, 6) is -0.817. The Morgan fingerprint density at radius 3 is 1.00 bits per heavy atom. The molecule has 0 aromatic carbocycles. The van der Waals surface area contributed by atoms with Gasteiger partial charge in [0.25, 0.3) is 0 Å². The van der Waals surface area contributed by atoms with Crippen LogP contribution in [0, 0.1) is 0 Å². The molecule has 3 saturated heterocycles. The standard InChI is InChI=1S/C7H16N2.C6H10N2O2.C6H14N2/c1-8-4-3-5-9(2)7-6-8;1-7-3-4-8(2)6(10)5(7)9;1-7-3-5-8(2)6-4-7/h3-7H2,1-2H3;3-4H2,1-2H3;3-6H2,1-2H3. The molecule has 3 aliphatic rings. The van der Waals surface area contributed by atoms with Crippen LogP contribution in [0.15, 0.2) is 0 Å². The molecule has 158 valence electrons. The van der Waals surface area contributed by atoms with Crippen molar-refractivity contribution in [2.45, 2.75) is 6.42 Å². The van der Waals surface area contributed by atoms with Crippen LogP contribution in [0.5, 0.6) is 0 Å². The number of hydrogen-bond acceptors (Lipinski definition) is 6. The van der Waals surface area contributed by atoms with Gasteiger partial charge in [-0.15, -0.1) is 0 Å². The monoisotopic (exact) mass is 384 g/mol. The van der Waals surface area contributed by atoms with Gasteiger partial charge in [-0.3, -0.25) is 9.59 Å². The van der Waals surface area contributed by atoms with Crippen molar-refractivity contribution in [3.8, 4) is 0 Å². The van der Waals surface area contributed by atoms with E-state index in [9.17, 15) is 9.59 Å². The summed E-state index contributed by atoms with van der Waals surface area (Å²) in [5.41, 5.74) is 0. The van der Waals surface area contributed by atoms with E-state index in [1.165, 1.54) is 68.6 Å². The van der Waals surface area contributed by atoms with Gasteiger partial charge < -0.3 is 29.4 Å². The number of amides is 2. The van der Waals surface area contributed by atoms with Crippen molar-refractivity contribution < 1.29 is 9.59 Å². The first-order valence-electron chi connectivity index (χ1n) is 9.95. The second kappa shape index (κ2) is 12.3. The topological polar surface area (TPSA) is 53.6 Å². The minimum absolute atomic E-state index is 0.409. The fraction of sp³-hybridized carbons (Fsp3) is 0.895. The van der Waals surface area contributed by atoms with Crippen molar-refractivity contribution in [2.24, 2.45) is 0 Å². The maximum absolute atomic E-state index is 10.9. The third-order valence-corrected chi connectivity index (χ3v) is 5.32. The fourth-order valence-electron chi connectivity index (χ4n) is 2.91. The number of nitrogens with zero attached hydrogens (tertiary/aromatic N) is 6. The van der Waals surface area contributed by atoms with Crippen LogP contribution >= 0.6 is 0 Å². The number of likely N-dealkylation sites (N-methyl/N-ethyl adjacent to an activating group) is 6. The van der Waals surface area contributed by atoms with E-state index >= 15 is 0 Å². The molecule has 0 radical (unpaired) electrons. The maximum Gasteiger partial charge on any atom is 0.311 e. The maximum atomic E-state index is 10.9. The van der Waals surface area contributed by atoms with Crippen molar-refractivity contribution in [1.82, 2.24) is 29.4 Å². The molecular weight excluding hydrogens is 344 g/mol. The highest BCUT2D eigenvalue weighted by molar-refractivity contribution is 6.35. The Hall–Kier alpha value is -1.22. The Bertz CT molecular complexity index is 413. The van der Waals surface area contributed by atoms with Crippen LogP contribution in [0.4, 0.5) is 0 Å². The summed E-state index contributed by atoms with van der Waals surface area (Å²) in [7, 11) is 12.0. The molecule has 3 rings (SSSR count). The zero-order valence-corrected chi connectivity index (χ0v) is 18.3. The molecule has 27 heavy (non-hydrogen) atoms. The first-order valence-corrected chi connectivity index (χ1v) is 9.95. The lowest BCUT2D eigenvalue weighted by atomic mass is 10.3. The van der Waals surface area contributed by atoms with Gasteiger partial charge in [0.05, 0.1) is 0 Å². The van der Waals surface area contributed by atoms with E-state index in [1.807, 2.05) is 0 Å². The summed E-state index contributed by atoms with van der Waals surface area (Å²) < 4.78 is 0. The van der Waals surface area contributed by atoms with Crippen molar-refractivity contribution in [3.05, 3.63) is 0 Å². The Morgan fingerprint density at radius 2 is 0.704 bits per heavy atom. The van der Waals surface area contributed by atoms with Gasteiger partial charge in [-0.05, 0) is 47.7 Å². The molecule has 0 atom stereocenters. The second-order valence-corrected chi connectivity index (χ2v) is 8.02. The van der Waals surface area contributed by atoms with Gasteiger partial charge in [0, 0.05) is 66.5 Å². The van der Waals surface area contributed by atoms with Gasteiger partial charge in [0.1, 0.15) is 0 Å². The first kappa shape index (κ1) is 23.8. The van der Waals surface area contributed by atoms with Crippen molar-refractivity contribution in [1.29, 1.82) is 0 Å². The number of hydrogen-bond donors (Lipinski definition) is 0. The van der Waals surface area contributed by atoms with Gasteiger partial charge in [-0.2, -0.15) is 0 Å². The van der Waals surface area contributed by atoms with Crippen LogP contribution in [0.1, 0.15) is 6.42 Å². The Morgan fingerprint density at radius 1 is 0.444 bits per heavy atom. The van der Waals surface area contributed by atoms with Gasteiger partial charge >= 0.3 is 11.8 Å². The van der Waals surface area contributed by atoms with Gasteiger partial charge in [-0.1, -0.05) is 0 Å². The fourth-order valence-corrected chi connectivity index (χ4v) is 2.91. The van der Waals surface area contributed by atoms with Gasteiger partial charge in [0.2, 0.25) is 0 Å². The van der Waals surface area contributed by atoms with E-state index < -0.39 is 11.8 Å². The SMILES string of the molecule is CN1CCCN(C)CC1.CN1CCN(C)C(=O)C1=O.CN1CCN(C)CC1. The summed E-state index contributed by atoms with van der Waals surface area (Å²) in [6.45, 7) is 11.2. The molecule has 3 fully saturated rings. The molecule has 0 spiro atoms. The lowest BCUT2D eigenvalue weighted by Crippen LogP contribution is -2.50. The molecule has 0 N–H and O–H groups in total. The van der Waals surface area contributed by atoms with E-state index in [2.05, 4.69) is 47.8 Å². The van der Waals surface area contributed by atoms with E-state index in [1.54, 1.807) is 14.1 Å². The lowest BCUT2D eigenvalue weighted by Gasteiger charge is -2.28. The quantitative estimate of drug-likeness (QED) is 0.501. The molecule has 0 saturated carbocycles. The average Bonchev–Trinajstić information content (AvgIpc) is 2.84. The van der Waals surface area contributed by atoms with Crippen LogP contribution in [0.3, 0.4) is 0 Å². The summed E-state index contributed by atoms with van der Waals surface area (Å²) >= 11 is 0. The highest BCUT2D eigenvalue weighted by atomic mass is 16.2. The number of rotatable bonds is 0. The average molecular weight is 385 g/mol. The molecule has 2 amide bonds. The first-order chi connectivity index (χ1) is 12.7. The summed E-state index contributed by atoms with van der Waals surface area (Å²) in [6.07, 6.45) is 1.33. The molecule has 0 unspecified atom stereocenters. The van der Waals surface area contributed by atoms with Crippen LogP contribution in [-0.2, 0) is 9.59 Å². The molecule has 3 heterocycles. The summed E-state index contributed by atoms with van der Waals surface area (Å²) in [6, 6.07) is 0. The van der Waals surface area contributed by atoms with E-state index in [4.69, 9.17) is 0 Å². The predicted octanol–water partition coefficient (Wildman–Crippen LogP) is -0.966. The third kappa shape index (κ3) is 9.51. The van der Waals surface area contributed by atoms with Crippen LogP contribution in [0.25, 0.3) is 0 Å². The molecule has 8 heteroatoms. The largest absolute Gasteiger partial charge is 0.336 e. The zero-order chi connectivity index (χ0) is 20.4. The molecule has 0 bridgehead atoms. The third-order valence-electron chi connectivity index (χ3n) is 5.32. The summed E-state index contributed by atoms with van der Waals surface area (Å²) in [4.78, 5) is 34.1. The molecule has 0 aliphatic carbocycles. The smallest absolute Gasteiger partial charge is 0.311 e. The molecule has 0 aromatic rings. The summed E-state index contributed by atoms with van der Waals surface area (Å²) in [5, 5.41) is 0. The Labute approximate surface area is 165 Å². The molecule has 0 aromatic heterocycles. The molecule has 8 nitrogen and oxygen atoms in total. The molecular formula is C19H40N6O2. The number of carbonyl (C=O) groups excluding carboxylic acids is 2. The Kier molecular flexibility index (Phi) is 10.8. The zero-order valence-electron chi connectivity index (χ0n) is 18.3. The van der Waals surface area contributed by atoms with Crippen LogP contribution in [0.2, 0.25) is 0 Å². The minimum atomic E-state index is -0.409.